The number of esters is 1. The topological polar surface area (TPSA) is 55.4 Å². The number of ether oxygens (including phenoxy) is 1. The average Bonchev–Trinajstić information content (AvgIpc) is 2.56. The Hall–Kier alpha value is -2.33. The smallest absolute Gasteiger partial charge is 0.338 e. The lowest BCUT2D eigenvalue weighted by Crippen LogP contribution is -2.30. The summed E-state index contributed by atoms with van der Waals surface area (Å²) in [4.78, 5) is 24.0. The molecule has 0 bridgehead atoms. The first-order chi connectivity index (χ1) is 11.0. The van der Waals surface area contributed by atoms with E-state index in [0.29, 0.717) is 16.3 Å². The molecule has 1 atom stereocenters. The van der Waals surface area contributed by atoms with Crippen LogP contribution in [-0.2, 0) is 16.0 Å². The second kappa shape index (κ2) is 7.79. The highest BCUT2D eigenvalue weighted by Gasteiger charge is 2.19. The third-order valence-electron chi connectivity index (χ3n) is 3.36. The predicted octanol–water partition coefficient (Wildman–Crippen LogP) is 4.09. The molecule has 0 fully saturated rings. The Morgan fingerprint density at radius 3 is 2.26 bits per heavy atom. The molecule has 0 aromatic heterocycles. The fraction of sp³-hybridized carbons (Fsp3) is 0.222. The third-order valence-corrected chi connectivity index (χ3v) is 3.61. The average molecular weight is 332 g/mol. The van der Waals surface area contributed by atoms with E-state index in [9.17, 15) is 9.59 Å². The van der Waals surface area contributed by atoms with Gasteiger partial charge >= 0.3 is 5.97 Å². The van der Waals surface area contributed by atoms with Gasteiger partial charge in [-0.25, -0.2) is 4.79 Å². The second-order valence-corrected chi connectivity index (χ2v) is 5.53. The van der Waals surface area contributed by atoms with Crippen molar-refractivity contribution in [3.8, 4) is 0 Å². The second-order valence-electron chi connectivity index (χ2n) is 5.09. The highest BCUT2D eigenvalue weighted by molar-refractivity contribution is 6.30. The summed E-state index contributed by atoms with van der Waals surface area (Å²) in [5.41, 5.74) is 2.20. The largest absolute Gasteiger partial charge is 0.449 e. The first kappa shape index (κ1) is 17.0. The van der Waals surface area contributed by atoms with E-state index in [4.69, 9.17) is 16.3 Å². The molecule has 23 heavy (non-hydrogen) atoms. The minimum Gasteiger partial charge on any atom is -0.449 e. The molecule has 0 aliphatic heterocycles. The van der Waals surface area contributed by atoms with Gasteiger partial charge in [0, 0.05) is 10.7 Å². The number of carbonyl (C=O) groups excluding carboxylic acids is 2. The quantitative estimate of drug-likeness (QED) is 0.840. The van der Waals surface area contributed by atoms with E-state index in [0.717, 1.165) is 6.42 Å². The van der Waals surface area contributed by atoms with E-state index >= 15 is 0 Å². The Bertz CT molecular complexity index is 680. The maximum absolute atomic E-state index is 12.1. The van der Waals surface area contributed by atoms with Gasteiger partial charge in [-0.15, -0.1) is 0 Å². The van der Waals surface area contributed by atoms with Crippen LogP contribution in [0.15, 0.2) is 48.5 Å². The van der Waals surface area contributed by atoms with Crippen LogP contribution in [0.25, 0.3) is 0 Å². The normalized spacial score (nSPS) is 11.6. The lowest BCUT2D eigenvalue weighted by molar-refractivity contribution is -0.123. The van der Waals surface area contributed by atoms with Crippen LogP contribution in [-0.4, -0.2) is 18.0 Å². The number of amides is 1. The van der Waals surface area contributed by atoms with Gasteiger partial charge < -0.3 is 10.1 Å². The minimum absolute atomic E-state index is 0.348. The number of anilines is 1. The van der Waals surface area contributed by atoms with Gasteiger partial charge in [-0.05, 0) is 55.3 Å². The molecular weight excluding hydrogens is 314 g/mol. The van der Waals surface area contributed by atoms with Crippen molar-refractivity contribution in [3.05, 3.63) is 64.7 Å². The lowest BCUT2D eigenvalue weighted by Gasteiger charge is -2.13. The molecule has 0 saturated heterocycles. The molecule has 4 nitrogen and oxygen atoms in total. The highest BCUT2D eigenvalue weighted by Crippen LogP contribution is 2.13. The van der Waals surface area contributed by atoms with Crippen molar-refractivity contribution in [1.82, 2.24) is 0 Å². The zero-order valence-electron chi connectivity index (χ0n) is 13.0. The van der Waals surface area contributed by atoms with Gasteiger partial charge in [0.25, 0.3) is 5.91 Å². The SMILES string of the molecule is CCc1ccc(NC(=O)[C@H](C)OC(=O)c2ccc(Cl)cc2)cc1. The molecular formula is C18H18ClNO3. The van der Waals surface area contributed by atoms with Crippen molar-refractivity contribution in [2.24, 2.45) is 0 Å². The highest BCUT2D eigenvalue weighted by atomic mass is 35.5. The van der Waals surface area contributed by atoms with Gasteiger partial charge in [0.05, 0.1) is 5.56 Å². The van der Waals surface area contributed by atoms with E-state index in [1.165, 1.54) is 12.5 Å². The van der Waals surface area contributed by atoms with Crippen molar-refractivity contribution in [3.63, 3.8) is 0 Å². The third kappa shape index (κ3) is 4.83. The van der Waals surface area contributed by atoms with Crippen molar-refractivity contribution in [2.45, 2.75) is 26.4 Å². The Balaban J connectivity index is 1.93. The molecule has 0 aliphatic carbocycles. The number of nitrogens with one attached hydrogen (secondary N) is 1. The number of carbonyl (C=O) groups is 2. The zero-order valence-corrected chi connectivity index (χ0v) is 13.8. The monoisotopic (exact) mass is 331 g/mol. The lowest BCUT2D eigenvalue weighted by atomic mass is 10.1. The summed E-state index contributed by atoms with van der Waals surface area (Å²) in [5.74, 6) is -0.942. The summed E-state index contributed by atoms with van der Waals surface area (Å²) < 4.78 is 5.16. The molecule has 1 N–H and O–H groups in total. The summed E-state index contributed by atoms with van der Waals surface area (Å²) >= 11 is 5.77. The fourth-order valence-corrected chi connectivity index (χ4v) is 2.06. The summed E-state index contributed by atoms with van der Waals surface area (Å²) in [6.45, 7) is 3.59. The first-order valence-electron chi connectivity index (χ1n) is 7.36. The molecule has 0 heterocycles. The molecule has 0 radical (unpaired) electrons. The molecule has 0 spiro atoms. The molecule has 1 amide bonds. The van der Waals surface area contributed by atoms with Gasteiger partial charge in [0.1, 0.15) is 0 Å². The van der Waals surface area contributed by atoms with Crippen molar-refractivity contribution in [1.29, 1.82) is 0 Å². The molecule has 2 rings (SSSR count). The zero-order chi connectivity index (χ0) is 16.8. The van der Waals surface area contributed by atoms with Gasteiger partial charge in [0.2, 0.25) is 0 Å². The first-order valence-corrected chi connectivity index (χ1v) is 7.73. The molecule has 0 unspecified atom stereocenters. The molecule has 5 heteroatoms. The summed E-state index contributed by atoms with van der Waals surface area (Å²) in [6, 6.07) is 13.8. The van der Waals surface area contributed by atoms with E-state index in [-0.39, 0.29) is 5.91 Å². The minimum atomic E-state index is -0.899. The number of hydrogen-bond donors (Lipinski definition) is 1. The van der Waals surface area contributed by atoms with E-state index in [1.807, 2.05) is 24.3 Å². The number of rotatable bonds is 5. The van der Waals surface area contributed by atoms with Crippen molar-refractivity contribution in [2.75, 3.05) is 5.32 Å². The van der Waals surface area contributed by atoms with Crippen molar-refractivity contribution < 1.29 is 14.3 Å². The number of benzene rings is 2. The number of aryl methyl sites for hydroxylation is 1. The van der Waals surface area contributed by atoms with E-state index < -0.39 is 12.1 Å². The Morgan fingerprint density at radius 1 is 1.09 bits per heavy atom. The molecule has 2 aromatic carbocycles. The van der Waals surface area contributed by atoms with Crippen LogP contribution < -0.4 is 5.32 Å². The number of hydrogen-bond acceptors (Lipinski definition) is 3. The molecule has 120 valence electrons. The molecule has 0 aliphatic rings. The van der Waals surface area contributed by atoms with Crippen LogP contribution in [0.4, 0.5) is 5.69 Å². The Kier molecular flexibility index (Phi) is 5.77. The van der Waals surface area contributed by atoms with Crippen LogP contribution in [0.5, 0.6) is 0 Å². The van der Waals surface area contributed by atoms with E-state index in [2.05, 4.69) is 12.2 Å². The van der Waals surface area contributed by atoms with E-state index in [1.54, 1.807) is 24.3 Å². The summed E-state index contributed by atoms with van der Waals surface area (Å²) in [7, 11) is 0. The van der Waals surface area contributed by atoms with Crippen LogP contribution in [0.1, 0.15) is 29.8 Å². The predicted molar refractivity (Wildman–Crippen MR) is 90.8 cm³/mol. The standard InChI is InChI=1S/C18H18ClNO3/c1-3-13-4-10-16(11-5-13)20-17(21)12(2)23-18(22)14-6-8-15(19)9-7-14/h4-12H,3H2,1-2H3,(H,20,21)/t12-/m0/s1. The van der Waals surface area contributed by atoms with Crippen LogP contribution in [0.2, 0.25) is 5.02 Å². The molecule has 0 saturated carbocycles. The van der Waals surface area contributed by atoms with Crippen molar-refractivity contribution >= 4 is 29.2 Å². The maximum atomic E-state index is 12.1. The van der Waals surface area contributed by atoms with Crippen LogP contribution in [0.3, 0.4) is 0 Å². The van der Waals surface area contributed by atoms with Crippen LogP contribution >= 0.6 is 11.6 Å². The van der Waals surface area contributed by atoms with Gasteiger partial charge in [-0.2, -0.15) is 0 Å². The van der Waals surface area contributed by atoms with Gasteiger partial charge in [-0.1, -0.05) is 30.7 Å². The summed E-state index contributed by atoms with van der Waals surface area (Å²) in [6.07, 6.45) is 0.0348. The Labute approximate surface area is 140 Å². The number of halogens is 1. The fourth-order valence-electron chi connectivity index (χ4n) is 1.94. The summed E-state index contributed by atoms with van der Waals surface area (Å²) in [5, 5.41) is 3.25. The van der Waals surface area contributed by atoms with Gasteiger partial charge in [0.15, 0.2) is 6.10 Å². The maximum Gasteiger partial charge on any atom is 0.338 e. The van der Waals surface area contributed by atoms with Crippen LogP contribution in [0, 0.1) is 0 Å². The van der Waals surface area contributed by atoms with Gasteiger partial charge in [-0.3, -0.25) is 4.79 Å². The Morgan fingerprint density at radius 2 is 1.70 bits per heavy atom. The molecule has 2 aromatic rings.